The lowest BCUT2D eigenvalue weighted by Crippen LogP contribution is -2.05. The van der Waals surface area contributed by atoms with Crippen molar-refractivity contribution < 1.29 is 9.47 Å². The van der Waals surface area contributed by atoms with Gasteiger partial charge in [0.25, 0.3) is 0 Å². The van der Waals surface area contributed by atoms with Crippen molar-refractivity contribution in [2.75, 3.05) is 26.1 Å². The first-order chi connectivity index (χ1) is 12.6. The van der Waals surface area contributed by atoms with Crippen LogP contribution in [-0.4, -0.2) is 30.5 Å². The van der Waals surface area contributed by atoms with Gasteiger partial charge < -0.3 is 14.8 Å². The van der Waals surface area contributed by atoms with Crippen molar-refractivity contribution in [3.8, 4) is 28.4 Å². The number of aromatic nitrogens is 2. The second-order valence-corrected chi connectivity index (χ2v) is 6.62. The molecular formula is C21H23N3O2. The van der Waals surface area contributed by atoms with E-state index in [0.717, 1.165) is 41.5 Å². The molecule has 0 saturated carbocycles. The number of fused-ring (bicyclic) bond motifs is 1. The second-order valence-electron chi connectivity index (χ2n) is 6.62. The number of ether oxygens (including phenoxy) is 2. The second kappa shape index (κ2) is 6.41. The summed E-state index contributed by atoms with van der Waals surface area (Å²) in [6.45, 7) is 5.16. The SMILES string of the molecule is COc1ccc(-c2nn(-c3ccc(C)cc3C)c3c2CCN3)cc1OC. The summed E-state index contributed by atoms with van der Waals surface area (Å²) in [6, 6.07) is 12.4. The molecular weight excluding hydrogens is 326 g/mol. The smallest absolute Gasteiger partial charge is 0.161 e. The number of nitrogens with zero attached hydrogens (tertiary/aromatic N) is 2. The van der Waals surface area contributed by atoms with Crippen molar-refractivity contribution >= 4 is 5.82 Å². The third-order valence-electron chi connectivity index (χ3n) is 4.89. The van der Waals surface area contributed by atoms with E-state index in [1.54, 1.807) is 14.2 Å². The molecule has 0 saturated heterocycles. The number of methoxy groups -OCH3 is 2. The molecule has 134 valence electrons. The highest BCUT2D eigenvalue weighted by molar-refractivity contribution is 5.74. The van der Waals surface area contributed by atoms with Crippen molar-refractivity contribution in [1.82, 2.24) is 9.78 Å². The standard InChI is InChI=1S/C21H23N3O2/c1-13-5-7-17(14(2)11-13)24-21-16(9-10-22-21)20(23-24)15-6-8-18(25-3)19(12-15)26-4/h5-8,11-12,22H,9-10H2,1-4H3. The van der Waals surface area contributed by atoms with E-state index < -0.39 is 0 Å². The number of anilines is 1. The van der Waals surface area contributed by atoms with Gasteiger partial charge in [0.2, 0.25) is 0 Å². The first kappa shape index (κ1) is 16.5. The molecule has 0 aliphatic carbocycles. The molecule has 1 N–H and O–H groups in total. The van der Waals surface area contributed by atoms with Crippen LogP contribution in [0.15, 0.2) is 36.4 Å². The Morgan fingerprint density at radius 3 is 2.54 bits per heavy atom. The Hall–Kier alpha value is -2.95. The third kappa shape index (κ3) is 2.60. The zero-order valence-corrected chi connectivity index (χ0v) is 15.6. The quantitative estimate of drug-likeness (QED) is 0.769. The molecule has 0 bridgehead atoms. The van der Waals surface area contributed by atoms with Gasteiger partial charge in [0.1, 0.15) is 5.82 Å². The Labute approximate surface area is 153 Å². The number of rotatable bonds is 4. The van der Waals surface area contributed by atoms with Gasteiger partial charge in [-0.1, -0.05) is 17.7 Å². The van der Waals surface area contributed by atoms with Crippen LogP contribution in [0.5, 0.6) is 11.5 Å². The lowest BCUT2D eigenvalue weighted by Gasteiger charge is -2.10. The van der Waals surface area contributed by atoms with Crippen LogP contribution in [0.2, 0.25) is 0 Å². The summed E-state index contributed by atoms with van der Waals surface area (Å²) in [4.78, 5) is 0. The zero-order chi connectivity index (χ0) is 18.3. The van der Waals surface area contributed by atoms with Gasteiger partial charge in [0.15, 0.2) is 11.5 Å². The van der Waals surface area contributed by atoms with E-state index >= 15 is 0 Å². The van der Waals surface area contributed by atoms with Crippen molar-refractivity contribution in [2.45, 2.75) is 20.3 Å². The summed E-state index contributed by atoms with van der Waals surface area (Å²) in [6.07, 6.45) is 0.962. The van der Waals surface area contributed by atoms with Crippen LogP contribution in [0, 0.1) is 13.8 Å². The zero-order valence-electron chi connectivity index (χ0n) is 15.6. The molecule has 1 aliphatic rings. The van der Waals surface area contributed by atoms with E-state index in [4.69, 9.17) is 14.6 Å². The molecule has 3 aromatic rings. The Morgan fingerprint density at radius 1 is 1.00 bits per heavy atom. The molecule has 0 spiro atoms. The van der Waals surface area contributed by atoms with Crippen LogP contribution in [0.3, 0.4) is 0 Å². The maximum atomic E-state index is 5.47. The molecule has 0 radical (unpaired) electrons. The summed E-state index contributed by atoms with van der Waals surface area (Å²) in [5, 5.41) is 8.45. The molecule has 2 heterocycles. The molecule has 1 aliphatic heterocycles. The van der Waals surface area contributed by atoms with E-state index in [0.29, 0.717) is 5.75 Å². The highest BCUT2D eigenvalue weighted by Gasteiger charge is 2.25. The van der Waals surface area contributed by atoms with Gasteiger partial charge >= 0.3 is 0 Å². The van der Waals surface area contributed by atoms with Crippen LogP contribution in [0.1, 0.15) is 16.7 Å². The van der Waals surface area contributed by atoms with E-state index in [2.05, 4.69) is 37.4 Å². The van der Waals surface area contributed by atoms with Gasteiger partial charge in [-0.3, -0.25) is 0 Å². The summed E-state index contributed by atoms with van der Waals surface area (Å²) in [5.41, 5.74) is 6.84. The Morgan fingerprint density at radius 2 is 1.81 bits per heavy atom. The fourth-order valence-electron chi connectivity index (χ4n) is 3.61. The van der Waals surface area contributed by atoms with Crippen LogP contribution < -0.4 is 14.8 Å². The van der Waals surface area contributed by atoms with Crippen LogP contribution >= 0.6 is 0 Å². The summed E-state index contributed by atoms with van der Waals surface area (Å²) in [5.74, 6) is 2.52. The minimum atomic E-state index is 0.714. The topological polar surface area (TPSA) is 48.3 Å². The van der Waals surface area contributed by atoms with Gasteiger partial charge in [-0.15, -0.1) is 0 Å². The Kier molecular flexibility index (Phi) is 4.07. The summed E-state index contributed by atoms with van der Waals surface area (Å²) >= 11 is 0. The van der Waals surface area contributed by atoms with E-state index in [9.17, 15) is 0 Å². The predicted molar refractivity (Wildman–Crippen MR) is 104 cm³/mol. The Bertz CT molecular complexity index is 976. The van der Waals surface area contributed by atoms with Gasteiger partial charge in [-0.05, 0) is 50.1 Å². The van der Waals surface area contributed by atoms with Gasteiger partial charge in [0, 0.05) is 17.7 Å². The highest BCUT2D eigenvalue weighted by atomic mass is 16.5. The number of hydrogen-bond acceptors (Lipinski definition) is 4. The minimum absolute atomic E-state index is 0.714. The molecule has 5 heteroatoms. The summed E-state index contributed by atoms with van der Waals surface area (Å²) < 4.78 is 12.9. The summed E-state index contributed by atoms with van der Waals surface area (Å²) in [7, 11) is 3.30. The average molecular weight is 349 g/mol. The lowest BCUT2D eigenvalue weighted by atomic mass is 10.1. The van der Waals surface area contributed by atoms with Crippen molar-refractivity contribution in [3.63, 3.8) is 0 Å². The maximum absolute atomic E-state index is 5.47. The number of benzene rings is 2. The third-order valence-corrected chi connectivity index (χ3v) is 4.89. The van der Waals surface area contributed by atoms with Crippen LogP contribution in [0.25, 0.3) is 16.9 Å². The van der Waals surface area contributed by atoms with Crippen LogP contribution in [-0.2, 0) is 6.42 Å². The molecule has 2 aromatic carbocycles. The number of aryl methyl sites for hydroxylation is 2. The fraction of sp³-hybridized carbons (Fsp3) is 0.286. The molecule has 4 rings (SSSR count). The molecule has 0 atom stereocenters. The van der Waals surface area contributed by atoms with E-state index in [1.807, 2.05) is 22.9 Å². The first-order valence-corrected chi connectivity index (χ1v) is 8.78. The van der Waals surface area contributed by atoms with Crippen molar-refractivity contribution in [1.29, 1.82) is 0 Å². The average Bonchev–Trinajstić information content (AvgIpc) is 3.24. The van der Waals surface area contributed by atoms with Gasteiger partial charge in [-0.25, -0.2) is 4.68 Å². The largest absolute Gasteiger partial charge is 0.493 e. The molecule has 0 fully saturated rings. The number of nitrogens with one attached hydrogen (secondary N) is 1. The van der Waals surface area contributed by atoms with E-state index in [-0.39, 0.29) is 0 Å². The minimum Gasteiger partial charge on any atom is -0.493 e. The van der Waals surface area contributed by atoms with Crippen molar-refractivity contribution in [2.24, 2.45) is 0 Å². The van der Waals surface area contributed by atoms with Crippen molar-refractivity contribution in [3.05, 3.63) is 53.1 Å². The predicted octanol–water partition coefficient (Wildman–Crippen LogP) is 4.14. The van der Waals surface area contributed by atoms with Gasteiger partial charge in [-0.2, -0.15) is 5.10 Å². The fourth-order valence-corrected chi connectivity index (χ4v) is 3.61. The molecule has 5 nitrogen and oxygen atoms in total. The molecule has 0 unspecified atom stereocenters. The Balaban J connectivity index is 1.87. The van der Waals surface area contributed by atoms with E-state index in [1.165, 1.54) is 16.7 Å². The lowest BCUT2D eigenvalue weighted by molar-refractivity contribution is 0.355. The number of hydrogen-bond donors (Lipinski definition) is 1. The maximum Gasteiger partial charge on any atom is 0.161 e. The van der Waals surface area contributed by atoms with Gasteiger partial charge in [0.05, 0.1) is 25.6 Å². The molecule has 26 heavy (non-hydrogen) atoms. The normalized spacial score (nSPS) is 12.6. The van der Waals surface area contributed by atoms with Crippen LogP contribution in [0.4, 0.5) is 5.82 Å². The molecule has 0 amide bonds. The monoisotopic (exact) mass is 349 g/mol. The highest BCUT2D eigenvalue weighted by Crippen LogP contribution is 2.38. The first-order valence-electron chi connectivity index (χ1n) is 8.78. The molecule has 1 aromatic heterocycles.